The van der Waals surface area contributed by atoms with Crippen molar-refractivity contribution in [2.45, 2.75) is 31.8 Å². The van der Waals surface area contributed by atoms with Crippen LogP contribution in [-0.2, 0) is 14.3 Å². The SMILES string of the molecule is CC(C)(N)CC(=O)NC1COCC1C(=O)O. The Balaban J connectivity index is 2.47. The van der Waals surface area contributed by atoms with Crippen molar-refractivity contribution in [1.82, 2.24) is 5.32 Å². The molecule has 2 atom stereocenters. The van der Waals surface area contributed by atoms with Gasteiger partial charge in [-0.15, -0.1) is 0 Å². The molecule has 0 aliphatic carbocycles. The second kappa shape index (κ2) is 4.80. The van der Waals surface area contributed by atoms with Crippen molar-refractivity contribution >= 4 is 11.9 Å². The molecule has 1 saturated heterocycles. The van der Waals surface area contributed by atoms with Gasteiger partial charge in [0.2, 0.25) is 5.91 Å². The second-order valence-corrected chi connectivity index (χ2v) is 4.82. The quantitative estimate of drug-likeness (QED) is 0.594. The number of carboxylic acid groups (broad SMARTS) is 1. The van der Waals surface area contributed by atoms with Crippen molar-refractivity contribution in [3.63, 3.8) is 0 Å². The molecule has 1 aliphatic rings. The average Bonchev–Trinajstić information content (AvgIpc) is 2.47. The molecule has 16 heavy (non-hydrogen) atoms. The molecule has 0 bridgehead atoms. The van der Waals surface area contributed by atoms with Crippen LogP contribution in [-0.4, -0.2) is 41.8 Å². The van der Waals surface area contributed by atoms with Gasteiger partial charge >= 0.3 is 5.97 Å². The number of rotatable bonds is 4. The number of nitrogens with one attached hydrogen (secondary N) is 1. The van der Waals surface area contributed by atoms with E-state index in [-0.39, 0.29) is 25.5 Å². The summed E-state index contributed by atoms with van der Waals surface area (Å²) in [7, 11) is 0. The number of aliphatic carboxylic acids is 1. The third-order valence-corrected chi connectivity index (χ3v) is 2.36. The zero-order valence-corrected chi connectivity index (χ0v) is 9.53. The van der Waals surface area contributed by atoms with Gasteiger partial charge in [0.25, 0.3) is 0 Å². The largest absolute Gasteiger partial charge is 0.481 e. The summed E-state index contributed by atoms with van der Waals surface area (Å²) >= 11 is 0. The maximum Gasteiger partial charge on any atom is 0.311 e. The van der Waals surface area contributed by atoms with E-state index < -0.39 is 23.5 Å². The lowest BCUT2D eigenvalue weighted by atomic mass is 10.00. The van der Waals surface area contributed by atoms with E-state index in [9.17, 15) is 9.59 Å². The van der Waals surface area contributed by atoms with Crippen LogP contribution >= 0.6 is 0 Å². The highest BCUT2D eigenvalue weighted by Crippen LogP contribution is 2.14. The van der Waals surface area contributed by atoms with E-state index in [1.165, 1.54) is 0 Å². The summed E-state index contributed by atoms with van der Waals surface area (Å²) in [6, 6.07) is -0.452. The Hall–Kier alpha value is -1.14. The molecule has 6 heteroatoms. The van der Waals surface area contributed by atoms with E-state index in [1.54, 1.807) is 13.8 Å². The predicted octanol–water partition coefficient (Wildman–Crippen LogP) is -0.670. The van der Waals surface area contributed by atoms with Gasteiger partial charge in [0.15, 0.2) is 0 Å². The summed E-state index contributed by atoms with van der Waals surface area (Å²) in [5, 5.41) is 11.5. The van der Waals surface area contributed by atoms with E-state index in [4.69, 9.17) is 15.6 Å². The minimum Gasteiger partial charge on any atom is -0.481 e. The van der Waals surface area contributed by atoms with Crippen molar-refractivity contribution in [2.75, 3.05) is 13.2 Å². The Morgan fingerprint density at radius 1 is 1.50 bits per heavy atom. The maximum absolute atomic E-state index is 11.5. The molecular weight excluding hydrogens is 212 g/mol. The number of ether oxygens (including phenoxy) is 1. The van der Waals surface area contributed by atoms with Crippen LogP contribution < -0.4 is 11.1 Å². The van der Waals surface area contributed by atoms with Crippen LogP contribution in [0.25, 0.3) is 0 Å². The number of carboxylic acids is 1. The standard InChI is InChI=1S/C10H18N2O4/c1-10(2,11)3-8(13)12-7-5-16-4-6(7)9(14)15/h6-7H,3-5,11H2,1-2H3,(H,12,13)(H,14,15). The second-order valence-electron chi connectivity index (χ2n) is 4.82. The van der Waals surface area contributed by atoms with Crippen molar-refractivity contribution in [1.29, 1.82) is 0 Å². The molecule has 0 aromatic carbocycles. The third kappa shape index (κ3) is 3.79. The van der Waals surface area contributed by atoms with Crippen LogP contribution in [0.15, 0.2) is 0 Å². The first-order valence-electron chi connectivity index (χ1n) is 5.18. The van der Waals surface area contributed by atoms with E-state index >= 15 is 0 Å². The van der Waals surface area contributed by atoms with Gasteiger partial charge in [-0.2, -0.15) is 0 Å². The van der Waals surface area contributed by atoms with Crippen LogP contribution in [0.2, 0.25) is 0 Å². The minimum absolute atomic E-state index is 0.145. The summed E-state index contributed by atoms with van der Waals surface area (Å²) in [5.74, 6) is -1.85. The summed E-state index contributed by atoms with van der Waals surface area (Å²) in [6.07, 6.45) is 0.163. The highest BCUT2D eigenvalue weighted by Gasteiger charge is 2.35. The number of hydrogen-bond donors (Lipinski definition) is 3. The van der Waals surface area contributed by atoms with Gasteiger partial charge in [-0.25, -0.2) is 0 Å². The number of nitrogens with two attached hydrogens (primary N) is 1. The summed E-state index contributed by atoms with van der Waals surface area (Å²) < 4.78 is 5.04. The van der Waals surface area contributed by atoms with Crippen molar-refractivity contribution < 1.29 is 19.4 Å². The summed E-state index contributed by atoms with van der Waals surface area (Å²) in [4.78, 5) is 22.4. The van der Waals surface area contributed by atoms with E-state index in [0.29, 0.717) is 0 Å². The van der Waals surface area contributed by atoms with Crippen molar-refractivity contribution in [3.8, 4) is 0 Å². The third-order valence-electron chi connectivity index (χ3n) is 2.36. The van der Waals surface area contributed by atoms with Gasteiger partial charge in [-0.05, 0) is 13.8 Å². The Morgan fingerprint density at radius 2 is 2.12 bits per heavy atom. The normalized spacial score (nSPS) is 25.4. The van der Waals surface area contributed by atoms with Gasteiger partial charge in [0, 0.05) is 12.0 Å². The van der Waals surface area contributed by atoms with Crippen LogP contribution in [0.5, 0.6) is 0 Å². The first kappa shape index (κ1) is 12.9. The summed E-state index contributed by atoms with van der Waals surface area (Å²) in [5.41, 5.74) is 5.10. The monoisotopic (exact) mass is 230 g/mol. The topological polar surface area (TPSA) is 102 Å². The van der Waals surface area contributed by atoms with Crippen LogP contribution in [0.1, 0.15) is 20.3 Å². The van der Waals surface area contributed by atoms with E-state index in [1.807, 2.05) is 0 Å². The smallest absolute Gasteiger partial charge is 0.311 e. The number of carbonyl (C=O) groups is 2. The van der Waals surface area contributed by atoms with Gasteiger partial charge in [-0.1, -0.05) is 0 Å². The zero-order chi connectivity index (χ0) is 12.3. The fraction of sp³-hybridized carbons (Fsp3) is 0.800. The molecule has 92 valence electrons. The fourth-order valence-electron chi connectivity index (χ4n) is 1.61. The molecule has 0 aromatic rings. The average molecular weight is 230 g/mol. The lowest BCUT2D eigenvalue weighted by Crippen LogP contribution is -2.46. The molecule has 4 N–H and O–H groups in total. The van der Waals surface area contributed by atoms with Gasteiger partial charge in [0.1, 0.15) is 5.92 Å². The van der Waals surface area contributed by atoms with Gasteiger partial charge in [-0.3, -0.25) is 9.59 Å². The Kier molecular flexibility index (Phi) is 3.88. The molecule has 0 spiro atoms. The highest BCUT2D eigenvalue weighted by molar-refractivity contribution is 5.79. The molecule has 1 rings (SSSR count). The van der Waals surface area contributed by atoms with Crippen molar-refractivity contribution in [3.05, 3.63) is 0 Å². The molecule has 0 radical (unpaired) electrons. The first-order chi connectivity index (χ1) is 7.29. The zero-order valence-electron chi connectivity index (χ0n) is 9.53. The molecule has 6 nitrogen and oxygen atoms in total. The van der Waals surface area contributed by atoms with Crippen LogP contribution in [0, 0.1) is 5.92 Å². The van der Waals surface area contributed by atoms with Gasteiger partial charge in [0.05, 0.1) is 19.3 Å². The van der Waals surface area contributed by atoms with E-state index in [2.05, 4.69) is 5.32 Å². The molecule has 0 saturated carbocycles. The summed E-state index contributed by atoms with van der Waals surface area (Å²) in [6.45, 7) is 3.87. The lowest BCUT2D eigenvalue weighted by molar-refractivity contribution is -0.142. The molecule has 1 aliphatic heterocycles. The maximum atomic E-state index is 11.5. The first-order valence-corrected chi connectivity index (χ1v) is 5.18. The Bertz CT molecular complexity index is 285. The van der Waals surface area contributed by atoms with E-state index in [0.717, 1.165) is 0 Å². The van der Waals surface area contributed by atoms with Crippen LogP contribution in [0.4, 0.5) is 0 Å². The number of amides is 1. The number of carbonyl (C=O) groups excluding carboxylic acids is 1. The molecule has 2 unspecified atom stereocenters. The molecule has 1 heterocycles. The fourth-order valence-corrected chi connectivity index (χ4v) is 1.61. The molecular formula is C10H18N2O4. The molecule has 1 amide bonds. The highest BCUT2D eigenvalue weighted by atomic mass is 16.5. The molecule has 0 aromatic heterocycles. The minimum atomic E-state index is -0.949. The van der Waals surface area contributed by atoms with Crippen LogP contribution in [0.3, 0.4) is 0 Å². The lowest BCUT2D eigenvalue weighted by Gasteiger charge is -2.21. The molecule has 1 fully saturated rings. The van der Waals surface area contributed by atoms with Crippen molar-refractivity contribution in [2.24, 2.45) is 11.7 Å². The number of hydrogen-bond acceptors (Lipinski definition) is 4. The predicted molar refractivity (Wildman–Crippen MR) is 56.8 cm³/mol. The Morgan fingerprint density at radius 3 is 2.62 bits per heavy atom. The Labute approximate surface area is 94.1 Å². The van der Waals surface area contributed by atoms with Gasteiger partial charge < -0.3 is 20.9 Å².